The van der Waals surface area contributed by atoms with E-state index in [1.807, 2.05) is 0 Å². The van der Waals surface area contributed by atoms with Crippen LogP contribution in [-0.2, 0) is 19.7 Å². The number of aliphatic carboxylic acids is 2. The normalized spacial score (nSPS) is 17.5. The minimum absolute atomic E-state index is 0.775. The first kappa shape index (κ1) is 16.9. The smallest absolute Gasteiger partial charge is 0.328 e. The first-order chi connectivity index (χ1) is 7.90. The Morgan fingerprint density at radius 2 is 1.44 bits per heavy atom. The minimum atomic E-state index is -5.09. The number of hydrogen-bond acceptors (Lipinski definition) is 4. The van der Waals surface area contributed by atoms with E-state index in [2.05, 4.69) is 0 Å². The maximum absolute atomic E-state index is 11.5. The van der Waals surface area contributed by atoms with E-state index >= 15 is 0 Å². The van der Waals surface area contributed by atoms with Crippen LogP contribution in [0, 0.1) is 17.8 Å². The lowest BCUT2D eigenvalue weighted by molar-refractivity contribution is -0.155. The fourth-order valence-corrected chi connectivity index (χ4v) is 3.78. The number of rotatable bonds is 6. The lowest BCUT2D eigenvalue weighted by atomic mass is 9.76. The van der Waals surface area contributed by atoms with Crippen LogP contribution in [0.4, 0.5) is 0 Å². The van der Waals surface area contributed by atoms with Crippen LogP contribution in [0.3, 0.4) is 0 Å². The second-order valence-corrected chi connectivity index (χ2v) is 6.41. The Kier molecular flexibility index (Phi) is 4.90. The van der Waals surface area contributed by atoms with E-state index in [-0.39, 0.29) is 0 Å². The van der Waals surface area contributed by atoms with Crippen molar-refractivity contribution in [3.8, 4) is 0 Å². The molecule has 0 bridgehead atoms. The zero-order valence-electron chi connectivity index (χ0n) is 10.6. The van der Waals surface area contributed by atoms with Gasteiger partial charge < -0.3 is 10.2 Å². The fraction of sp³-hybridized carbons (Fsp3) is 0.800. The van der Waals surface area contributed by atoms with Gasteiger partial charge in [0.15, 0.2) is 0 Å². The molecule has 8 heteroatoms. The van der Waals surface area contributed by atoms with E-state index in [1.165, 1.54) is 27.7 Å². The van der Waals surface area contributed by atoms with E-state index in [9.17, 15) is 27.7 Å². The predicted molar refractivity (Wildman–Crippen MR) is 62.7 cm³/mol. The van der Waals surface area contributed by atoms with Crippen molar-refractivity contribution in [3.63, 3.8) is 0 Å². The summed E-state index contributed by atoms with van der Waals surface area (Å²) in [6.07, 6.45) is 0. The van der Waals surface area contributed by atoms with Crippen LogP contribution < -0.4 is 0 Å². The van der Waals surface area contributed by atoms with Gasteiger partial charge in [-0.25, -0.2) is 0 Å². The number of carboxylic acids is 2. The van der Waals surface area contributed by atoms with Crippen molar-refractivity contribution in [2.45, 2.75) is 32.4 Å². The largest absolute Gasteiger partial charge is 0.481 e. The SMILES string of the molecule is CC(C)C(C(=O)O)C(C(=O)O)(C(C)C)S(=O)(=O)O. The molecule has 0 heterocycles. The molecule has 0 fully saturated rings. The molecule has 0 aliphatic carbocycles. The van der Waals surface area contributed by atoms with E-state index < -0.39 is 44.6 Å². The second-order valence-electron chi connectivity index (χ2n) is 4.79. The molecule has 0 aromatic heterocycles. The highest BCUT2D eigenvalue weighted by Gasteiger charge is 2.62. The van der Waals surface area contributed by atoms with Crippen LogP contribution in [0.2, 0.25) is 0 Å². The van der Waals surface area contributed by atoms with Gasteiger partial charge in [0.2, 0.25) is 4.75 Å². The van der Waals surface area contributed by atoms with Gasteiger partial charge in [-0.1, -0.05) is 27.7 Å². The van der Waals surface area contributed by atoms with Gasteiger partial charge in [-0.15, -0.1) is 0 Å². The Morgan fingerprint density at radius 3 is 1.50 bits per heavy atom. The highest BCUT2D eigenvalue weighted by Crippen LogP contribution is 2.39. The Morgan fingerprint density at radius 1 is 1.06 bits per heavy atom. The van der Waals surface area contributed by atoms with Crippen molar-refractivity contribution in [1.29, 1.82) is 0 Å². The zero-order valence-corrected chi connectivity index (χ0v) is 11.4. The Bertz CT molecular complexity index is 437. The molecule has 0 radical (unpaired) electrons. The monoisotopic (exact) mass is 282 g/mol. The highest BCUT2D eigenvalue weighted by molar-refractivity contribution is 7.88. The third-order valence-corrected chi connectivity index (χ3v) is 4.77. The molecule has 18 heavy (non-hydrogen) atoms. The molecule has 0 rings (SSSR count). The lowest BCUT2D eigenvalue weighted by Gasteiger charge is -2.36. The molecule has 2 unspecified atom stereocenters. The molecule has 7 nitrogen and oxygen atoms in total. The number of hydrogen-bond donors (Lipinski definition) is 3. The molecule has 2 atom stereocenters. The molecule has 0 saturated heterocycles. The van der Waals surface area contributed by atoms with Crippen LogP contribution in [-0.4, -0.2) is 39.9 Å². The maximum atomic E-state index is 11.5. The summed E-state index contributed by atoms with van der Waals surface area (Å²) in [5, 5.41) is 18.3. The van der Waals surface area contributed by atoms with Crippen molar-refractivity contribution in [2.24, 2.45) is 17.8 Å². The standard InChI is InChI=1S/C10H18O7S/c1-5(2)7(8(11)12)10(6(3)4,9(13)14)18(15,16)17/h5-7H,1-4H3,(H,11,12)(H,13,14)(H,15,16,17). The first-order valence-electron chi connectivity index (χ1n) is 5.33. The molecule has 3 N–H and O–H groups in total. The topological polar surface area (TPSA) is 129 Å². The van der Waals surface area contributed by atoms with Crippen molar-refractivity contribution in [2.75, 3.05) is 0 Å². The van der Waals surface area contributed by atoms with Crippen molar-refractivity contribution < 1.29 is 32.8 Å². The van der Waals surface area contributed by atoms with Crippen molar-refractivity contribution in [3.05, 3.63) is 0 Å². The summed E-state index contributed by atoms with van der Waals surface area (Å²) in [6.45, 7) is 5.29. The van der Waals surface area contributed by atoms with Gasteiger partial charge in [0.05, 0.1) is 5.92 Å². The quantitative estimate of drug-likeness (QED) is 0.612. The minimum Gasteiger partial charge on any atom is -0.481 e. The zero-order chi connectivity index (χ0) is 14.9. The Labute approximate surface area is 106 Å². The van der Waals surface area contributed by atoms with Crippen LogP contribution in [0.5, 0.6) is 0 Å². The third kappa shape index (κ3) is 2.49. The molecule has 0 saturated carbocycles. The summed E-state index contributed by atoms with van der Waals surface area (Å²) in [5.74, 6) is -7.05. The van der Waals surface area contributed by atoms with Gasteiger partial charge in [0.1, 0.15) is 0 Å². The molecule has 0 amide bonds. The number of carboxylic acid groups (broad SMARTS) is 2. The molecule has 0 aromatic rings. The van der Waals surface area contributed by atoms with Crippen molar-refractivity contribution in [1.82, 2.24) is 0 Å². The molecular formula is C10H18O7S. The summed E-state index contributed by atoms with van der Waals surface area (Å²) >= 11 is 0. The Balaban J connectivity index is 6.37. The van der Waals surface area contributed by atoms with Gasteiger partial charge in [-0.2, -0.15) is 8.42 Å². The summed E-state index contributed by atoms with van der Waals surface area (Å²) in [4.78, 5) is 22.6. The molecule has 0 aliphatic heterocycles. The maximum Gasteiger partial charge on any atom is 0.328 e. The summed E-state index contributed by atoms with van der Waals surface area (Å²) in [6, 6.07) is 0. The van der Waals surface area contributed by atoms with Crippen LogP contribution in [0.15, 0.2) is 0 Å². The Hall–Kier alpha value is -1.15. The first-order valence-corrected chi connectivity index (χ1v) is 6.77. The van der Waals surface area contributed by atoms with Gasteiger partial charge in [0, 0.05) is 0 Å². The molecular weight excluding hydrogens is 264 g/mol. The summed E-state index contributed by atoms with van der Waals surface area (Å²) in [7, 11) is -5.09. The lowest BCUT2D eigenvalue weighted by Crippen LogP contribution is -2.60. The van der Waals surface area contributed by atoms with Gasteiger partial charge in [-0.3, -0.25) is 14.1 Å². The average molecular weight is 282 g/mol. The molecule has 0 spiro atoms. The van der Waals surface area contributed by atoms with E-state index in [1.54, 1.807) is 0 Å². The van der Waals surface area contributed by atoms with Crippen LogP contribution >= 0.6 is 0 Å². The van der Waals surface area contributed by atoms with E-state index in [0.29, 0.717) is 0 Å². The molecule has 0 aliphatic rings. The highest BCUT2D eigenvalue weighted by atomic mass is 32.2. The average Bonchev–Trinajstić information content (AvgIpc) is 2.08. The van der Waals surface area contributed by atoms with Crippen LogP contribution in [0.1, 0.15) is 27.7 Å². The second kappa shape index (κ2) is 5.23. The van der Waals surface area contributed by atoms with Crippen molar-refractivity contribution >= 4 is 22.1 Å². The van der Waals surface area contributed by atoms with Crippen LogP contribution in [0.25, 0.3) is 0 Å². The van der Waals surface area contributed by atoms with Gasteiger partial charge in [-0.05, 0) is 11.8 Å². The summed E-state index contributed by atoms with van der Waals surface area (Å²) < 4.78 is 29.5. The molecule has 106 valence electrons. The van der Waals surface area contributed by atoms with Gasteiger partial charge >= 0.3 is 11.9 Å². The third-order valence-electron chi connectivity index (χ3n) is 3.01. The van der Waals surface area contributed by atoms with E-state index in [4.69, 9.17) is 5.11 Å². The predicted octanol–water partition coefficient (Wildman–Crippen LogP) is 0.710. The summed E-state index contributed by atoms with van der Waals surface area (Å²) in [5.41, 5.74) is 0. The van der Waals surface area contributed by atoms with Gasteiger partial charge in [0.25, 0.3) is 10.1 Å². The van der Waals surface area contributed by atoms with E-state index in [0.717, 1.165) is 0 Å². The molecule has 0 aromatic carbocycles. The fourth-order valence-electron chi connectivity index (χ4n) is 2.27. The number of carbonyl (C=O) groups is 2.